The van der Waals surface area contributed by atoms with E-state index in [9.17, 15) is 9.59 Å². The van der Waals surface area contributed by atoms with Crippen molar-refractivity contribution in [1.29, 1.82) is 0 Å². The van der Waals surface area contributed by atoms with Gasteiger partial charge in [-0.25, -0.2) is 4.79 Å². The van der Waals surface area contributed by atoms with Crippen LogP contribution in [0.4, 0.5) is 0 Å². The highest BCUT2D eigenvalue weighted by molar-refractivity contribution is 5.89. The van der Waals surface area contributed by atoms with E-state index in [2.05, 4.69) is 6.92 Å². The molecule has 1 aromatic rings. The van der Waals surface area contributed by atoms with E-state index in [1.165, 1.54) is 0 Å². The van der Waals surface area contributed by atoms with Gasteiger partial charge in [-0.05, 0) is 30.4 Å². The van der Waals surface area contributed by atoms with Gasteiger partial charge in [-0.15, -0.1) is 0 Å². The lowest BCUT2D eigenvalue weighted by molar-refractivity contribution is -0.131. The van der Waals surface area contributed by atoms with Crippen molar-refractivity contribution in [1.82, 2.24) is 4.90 Å². The summed E-state index contributed by atoms with van der Waals surface area (Å²) in [6.07, 6.45) is 1.56. The fraction of sp³-hybridized carbons (Fsp3) is 0.467. The van der Waals surface area contributed by atoms with E-state index in [1.54, 1.807) is 24.1 Å². The second kappa shape index (κ2) is 5.43. The maximum Gasteiger partial charge on any atom is 0.335 e. The Balaban J connectivity index is 1.95. The lowest BCUT2D eigenvalue weighted by atomic mass is 10.0. The number of likely N-dealkylation sites (N-methyl/N-ethyl adjacent to an activating group) is 1. The van der Waals surface area contributed by atoms with Crippen LogP contribution in [0, 0.1) is 11.8 Å². The van der Waals surface area contributed by atoms with Gasteiger partial charge >= 0.3 is 5.97 Å². The average molecular weight is 261 g/mol. The Kier molecular flexibility index (Phi) is 3.88. The van der Waals surface area contributed by atoms with Crippen LogP contribution in [0.1, 0.15) is 29.3 Å². The van der Waals surface area contributed by atoms with Crippen LogP contribution >= 0.6 is 0 Å². The molecular formula is C15H19NO3. The number of carboxylic acids is 1. The van der Waals surface area contributed by atoms with Crippen LogP contribution in [0.15, 0.2) is 24.3 Å². The van der Waals surface area contributed by atoms with Gasteiger partial charge in [0.05, 0.1) is 5.56 Å². The highest BCUT2D eigenvalue weighted by atomic mass is 16.4. The van der Waals surface area contributed by atoms with Crippen LogP contribution in [0.2, 0.25) is 0 Å². The van der Waals surface area contributed by atoms with E-state index in [-0.39, 0.29) is 11.8 Å². The van der Waals surface area contributed by atoms with E-state index in [4.69, 9.17) is 5.11 Å². The van der Waals surface area contributed by atoms with Crippen LogP contribution in [-0.2, 0) is 11.2 Å². The predicted molar refractivity (Wildman–Crippen MR) is 72.0 cm³/mol. The monoisotopic (exact) mass is 261 g/mol. The summed E-state index contributed by atoms with van der Waals surface area (Å²) in [7, 11) is 1.79. The molecule has 1 N–H and O–H groups in total. The fourth-order valence-corrected chi connectivity index (χ4v) is 2.29. The fourth-order valence-electron chi connectivity index (χ4n) is 2.29. The highest BCUT2D eigenvalue weighted by Crippen LogP contribution is 2.38. The second-order valence-corrected chi connectivity index (χ2v) is 5.29. The molecule has 2 rings (SSSR count). The number of rotatable bonds is 5. The van der Waals surface area contributed by atoms with Crippen molar-refractivity contribution in [2.45, 2.75) is 19.8 Å². The quantitative estimate of drug-likeness (QED) is 0.882. The number of benzene rings is 1. The van der Waals surface area contributed by atoms with Crippen LogP contribution in [0.3, 0.4) is 0 Å². The van der Waals surface area contributed by atoms with E-state index >= 15 is 0 Å². The molecule has 0 bridgehead atoms. The molecule has 0 spiro atoms. The van der Waals surface area contributed by atoms with Crippen molar-refractivity contribution in [3.63, 3.8) is 0 Å². The summed E-state index contributed by atoms with van der Waals surface area (Å²) in [6, 6.07) is 6.95. The molecule has 1 aliphatic carbocycles. The molecule has 0 saturated heterocycles. The Morgan fingerprint density at radius 1 is 1.37 bits per heavy atom. The molecule has 4 nitrogen and oxygen atoms in total. The van der Waals surface area contributed by atoms with Crippen LogP contribution in [-0.4, -0.2) is 35.5 Å². The standard InChI is InChI=1S/C15H19NO3/c1-10-9-13(10)14(17)16(2)8-7-11-5-3-4-6-12(11)15(18)19/h3-6,10,13H,7-9H2,1-2H3,(H,18,19). The molecular weight excluding hydrogens is 242 g/mol. The Morgan fingerprint density at radius 3 is 2.58 bits per heavy atom. The summed E-state index contributed by atoms with van der Waals surface area (Å²) in [5, 5.41) is 9.09. The zero-order valence-corrected chi connectivity index (χ0v) is 11.3. The lowest BCUT2D eigenvalue weighted by Crippen LogP contribution is -2.30. The summed E-state index contributed by atoms with van der Waals surface area (Å²) in [5.74, 6) is -0.0540. The molecule has 0 aromatic heterocycles. The van der Waals surface area contributed by atoms with Crippen LogP contribution < -0.4 is 0 Å². The van der Waals surface area contributed by atoms with Gasteiger partial charge < -0.3 is 10.0 Å². The maximum absolute atomic E-state index is 12.0. The Hall–Kier alpha value is -1.84. The van der Waals surface area contributed by atoms with Crippen molar-refractivity contribution < 1.29 is 14.7 Å². The summed E-state index contributed by atoms with van der Waals surface area (Å²) in [4.78, 5) is 24.8. The number of carbonyl (C=O) groups excluding carboxylic acids is 1. The molecule has 1 fully saturated rings. The van der Waals surface area contributed by atoms with Gasteiger partial charge in [0.1, 0.15) is 0 Å². The summed E-state index contributed by atoms with van der Waals surface area (Å²) in [5.41, 5.74) is 1.10. The van der Waals surface area contributed by atoms with E-state index in [0.29, 0.717) is 24.4 Å². The third-order valence-electron chi connectivity index (χ3n) is 3.77. The van der Waals surface area contributed by atoms with Gasteiger partial charge in [-0.3, -0.25) is 4.79 Å². The minimum atomic E-state index is -0.916. The number of amides is 1. The third kappa shape index (κ3) is 3.13. The topological polar surface area (TPSA) is 57.6 Å². The molecule has 2 atom stereocenters. The SMILES string of the molecule is CC1CC1C(=O)N(C)CCc1ccccc1C(=O)O. The number of hydrogen-bond donors (Lipinski definition) is 1. The van der Waals surface area contributed by atoms with Crippen LogP contribution in [0.25, 0.3) is 0 Å². The van der Waals surface area contributed by atoms with Gasteiger partial charge in [-0.1, -0.05) is 25.1 Å². The molecule has 102 valence electrons. The Labute approximate surface area is 113 Å². The van der Waals surface area contributed by atoms with Gasteiger partial charge in [0.2, 0.25) is 5.91 Å². The smallest absolute Gasteiger partial charge is 0.335 e. The van der Waals surface area contributed by atoms with Gasteiger partial charge in [-0.2, -0.15) is 0 Å². The first kappa shape index (κ1) is 13.6. The summed E-state index contributed by atoms with van der Waals surface area (Å²) >= 11 is 0. The van der Waals surface area contributed by atoms with E-state index in [1.807, 2.05) is 12.1 Å². The molecule has 0 aliphatic heterocycles. The number of nitrogens with zero attached hydrogens (tertiary/aromatic N) is 1. The number of carboxylic acid groups (broad SMARTS) is 1. The molecule has 1 aliphatic rings. The molecule has 0 heterocycles. The van der Waals surface area contributed by atoms with Crippen molar-refractivity contribution in [3.8, 4) is 0 Å². The summed E-state index contributed by atoms with van der Waals surface area (Å²) in [6.45, 7) is 2.64. The van der Waals surface area contributed by atoms with Crippen molar-refractivity contribution >= 4 is 11.9 Å². The zero-order valence-electron chi connectivity index (χ0n) is 11.3. The first-order chi connectivity index (χ1) is 9.00. The largest absolute Gasteiger partial charge is 0.478 e. The highest BCUT2D eigenvalue weighted by Gasteiger charge is 2.40. The molecule has 1 amide bonds. The maximum atomic E-state index is 12.0. The molecule has 19 heavy (non-hydrogen) atoms. The number of hydrogen-bond acceptors (Lipinski definition) is 2. The Morgan fingerprint density at radius 2 is 2.00 bits per heavy atom. The molecule has 0 radical (unpaired) electrons. The zero-order chi connectivity index (χ0) is 14.0. The number of aromatic carboxylic acids is 1. The first-order valence-electron chi connectivity index (χ1n) is 6.57. The minimum Gasteiger partial charge on any atom is -0.478 e. The second-order valence-electron chi connectivity index (χ2n) is 5.29. The molecule has 2 unspecified atom stereocenters. The van der Waals surface area contributed by atoms with Gasteiger partial charge in [0.15, 0.2) is 0 Å². The van der Waals surface area contributed by atoms with Crippen molar-refractivity contribution in [3.05, 3.63) is 35.4 Å². The first-order valence-corrected chi connectivity index (χ1v) is 6.57. The molecule has 4 heteroatoms. The normalized spacial score (nSPS) is 20.9. The van der Waals surface area contributed by atoms with Crippen molar-refractivity contribution in [2.24, 2.45) is 11.8 Å². The van der Waals surface area contributed by atoms with E-state index < -0.39 is 5.97 Å². The van der Waals surface area contributed by atoms with Crippen molar-refractivity contribution in [2.75, 3.05) is 13.6 Å². The third-order valence-corrected chi connectivity index (χ3v) is 3.77. The molecule has 1 aromatic carbocycles. The lowest BCUT2D eigenvalue weighted by Gasteiger charge is -2.17. The van der Waals surface area contributed by atoms with E-state index in [0.717, 1.165) is 12.0 Å². The molecule has 1 saturated carbocycles. The van der Waals surface area contributed by atoms with Gasteiger partial charge in [0, 0.05) is 19.5 Å². The minimum absolute atomic E-state index is 0.180. The average Bonchev–Trinajstić information content (AvgIpc) is 3.12. The summed E-state index contributed by atoms with van der Waals surface area (Å²) < 4.78 is 0. The number of carbonyl (C=O) groups is 2. The van der Waals surface area contributed by atoms with Gasteiger partial charge in [0.25, 0.3) is 0 Å². The Bertz CT molecular complexity index is 498. The van der Waals surface area contributed by atoms with Crippen LogP contribution in [0.5, 0.6) is 0 Å². The predicted octanol–water partition coefficient (Wildman–Crippen LogP) is 2.04.